The minimum absolute atomic E-state index is 0.176. The van der Waals surface area contributed by atoms with E-state index in [2.05, 4.69) is 9.74 Å². The summed E-state index contributed by atoms with van der Waals surface area (Å²) in [5.74, 6) is 4.98. The lowest BCUT2D eigenvalue weighted by molar-refractivity contribution is -0.0250. The largest absolute Gasteiger partial charge is 0.286 e. The van der Waals surface area contributed by atoms with E-state index in [9.17, 15) is 0 Å². The molecule has 1 aliphatic rings. The zero-order valence-electron chi connectivity index (χ0n) is 5.13. The van der Waals surface area contributed by atoms with Gasteiger partial charge in [0.1, 0.15) is 6.23 Å². The Morgan fingerprint density at radius 2 is 2.50 bits per heavy atom. The Morgan fingerprint density at radius 1 is 1.75 bits per heavy atom. The Morgan fingerprint density at radius 3 is 2.75 bits per heavy atom. The summed E-state index contributed by atoms with van der Waals surface area (Å²) in [5.41, 5.74) is 0. The molecule has 48 valence electrons. The molecule has 1 rings (SSSR count). The summed E-state index contributed by atoms with van der Waals surface area (Å²) in [5, 5.41) is 0. The standard InChI is InChI=1S/C5H12N2O/c1-7-4-2-3-5(7)8-6/h5H,2-4,6H2,1H3. The van der Waals surface area contributed by atoms with E-state index in [4.69, 9.17) is 5.90 Å². The number of rotatable bonds is 1. The van der Waals surface area contributed by atoms with Crippen LogP contribution in [-0.4, -0.2) is 24.7 Å². The Kier molecular flexibility index (Phi) is 1.83. The van der Waals surface area contributed by atoms with Gasteiger partial charge in [-0.1, -0.05) is 0 Å². The lowest BCUT2D eigenvalue weighted by atomic mass is 10.4. The highest BCUT2D eigenvalue weighted by Gasteiger charge is 2.19. The highest BCUT2D eigenvalue weighted by Crippen LogP contribution is 2.13. The summed E-state index contributed by atoms with van der Waals surface area (Å²) in [6.07, 6.45) is 2.46. The van der Waals surface area contributed by atoms with Gasteiger partial charge in [0.15, 0.2) is 0 Å². The molecule has 3 heteroatoms. The van der Waals surface area contributed by atoms with Crippen molar-refractivity contribution >= 4 is 0 Å². The predicted molar refractivity (Wildman–Crippen MR) is 30.9 cm³/mol. The fourth-order valence-corrected chi connectivity index (χ4v) is 1.05. The number of nitrogens with zero attached hydrogens (tertiary/aromatic N) is 1. The van der Waals surface area contributed by atoms with E-state index in [1.54, 1.807) is 0 Å². The first-order valence-corrected chi connectivity index (χ1v) is 2.90. The average molecular weight is 116 g/mol. The SMILES string of the molecule is CN1CCCC1ON. The van der Waals surface area contributed by atoms with Crippen LogP contribution in [-0.2, 0) is 4.84 Å². The molecule has 0 aromatic heterocycles. The van der Waals surface area contributed by atoms with Gasteiger partial charge in [-0.15, -0.1) is 0 Å². The second-order valence-corrected chi connectivity index (χ2v) is 2.21. The van der Waals surface area contributed by atoms with Crippen molar-refractivity contribution < 1.29 is 4.84 Å². The zero-order valence-corrected chi connectivity index (χ0v) is 5.13. The van der Waals surface area contributed by atoms with Gasteiger partial charge in [-0.25, -0.2) is 5.90 Å². The Bertz CT molecular complexity index is 76.8. The first-order chi connectivity index (χ1) is 3.84. The molecule has 0 aliphatic carbocycles. The second kappa shape index (κ2) is 2.44. The summed E-state index contributed by atoms with van der Waals surface area (Å²) in [4.78, 5) is 6.76. The van der Waals surface area contributed by atoms with E-state index in [0.29, 0.717) is 0 Å². The molecule has 1 atom stereocenters. The maximum absolute atomic E-state index is 4.98. The Balaban J connectivity index is 2.30. The third-order valence-electron chi connectivity index (χ3n) is 1.61. The van der Waals surface area contributed by atoms with Crippen LogP contribution in [0.3, 0.4) is 0 Å². The predicted octanol–water partition coefficient (Wildman–Crippen LogP) is -0.0716. The van der Waals surface area contributed by atoms with Crippen LogP contribution in [0.4, 0.5) is 0 Å². The Labute approximate surface area is 49.4 Å². The van der Waals surface area contributed by atoms with Crippen LogP contribution in [0.15, 0.2) is 0 Å². The molecule has 1 heterocycles. The van der Waals surface area contributed by atoms with Crippen LogP contribution < -0.4 is 5.90 Å². The van der Waals surface area contributed by atoms with Crippen LogP contribution in [0.5, 0.6) is 0 Å². The van der Waals surface area contributed by atoms with Crippen molar-refractivity contribution in [2.24, 2.45) is 5.90 Å². The van der Waals surface area contributed by atoms with Crippen LogP contribution in [0, 0.1) is 0 Å². The van der Waals surface area contributed by atoms with Crippen molar-refractivity contribution in [1.29, 1.82) is 0 Å². The molecule has 0 radical (unpaired) electrons. The molecule has 0 saturated carbocycles. The van der Waals surface area contributed by atoms with E-state index in [1.165, 1.54) is 6.42 Å². The molecular formula is C5H12N2O. The van der Waals surface area contributed by atoms with E-state index in [0.717, 1.165) is 13.0 Å². The van der Waals surface area contributed by atoms with Gasteiger partial charge in [0.25, 0.3) is 0 Å². The molecule has 0 amide bonds. The van der Waals surface area contributed by atoms with Crippen molar-refractivity contribution in [2.75, 3.05) is 13.6 Å². The molecule has 1 fully saturated rings. The number of nitrogens with two attached hydrogens (primary N) is 1. The summed E-state index contributed by atoms with van der Waals surface area (Å²) in [6, 6.07) is 0. The van der Waals surface area contributed by atoms with Gasteiger partial charge in [0.2, 0.25) is 0 Å². The molecule has 0 aromatic rings. The van der Waals surface area contributed by atoms with E-state index in [-0.39, 0.29) is 6.23 Å². The molecule has 0 aromatic carbocycles. The second-order valence-electron chi connectivity index (χ2n) is 2.21. The molecule has 1 unspecified atom stereocenters. The van der Waals surface area contributed by atoms with Crippen molar-refractivity contribution in [1.82, 2.24) is 4.90 Å². The lowest BCUT2D eigenvalue weighted by Gasteiger charge is -2.15. The lowest BCUT2D eigenvalue weighted by Crippen LogP contribution is -2.29. The molecule has 2 N–H and O–H groups in total. The summed E-state index contributed by atoms with van der Waals surface area (Å²) < 4.78 is 0. The quantitative estimate of drug-likeness (QED) is 0.487. The maximum atomic E-state index is 4.98. The summed E-state index contributed by atoms with van der Waals surface area (Å²) >= 11 is 0. The minimum Gasteiger partial charge on any atom is -0.286 e. The minimum atomic E-state index is 0.176. The molecule has 8 heavy (non-hydrogen) atoms. The fraction of sp³-hybridized carbons (Fsp3) is 1.00. The smallest absolute Gasteiger partial charge is 0.131 e. The molecule has 0 spiro atoms. The Hall–Kier alpha value is -0.120. The molecule has 1 saturated heterocycles. The van der Waals surface area contributed by atoms with Crippen LogP contribution >= 0.6 is 0 Å². The third-order valence-corrected chi connectivity index (χ3v) is 1.61. The van der Waals surface area contributed by atoms with Gasteiger partial charge in [-0.3, -0.25) is 9.74 Å². The highest BCUT2D eigenvalue weighted by atomic mass is 16.6. The molecule has 3 nitrogen and oxygen atoms in total. The van der Waals surface area contributed by atoms with Crippen LogP contribution in [0.25, 0.3) is 0 Å². The number of likely N-dealkylation sites (tertiary alicyclic amines) is 1. The van der Waals surface area contributed by atoms with Gasteiger partial charge in [-0.2, -0.15) is 0 Å². The van der Waals surface area contributed by atoms with Gasteiger partial charge in [0.05, 0.1) is 0 Å². The summed E-state index contributed by atoms with van der Waals surface area (Å²) in [7, 11) is 2.02. The van der Waals surface area contributed by atoms with E-state index >= 15 is 0 Å². The third kappa shape index (κ3) is 0.992. The first-order valence-electron chi connectivity index (χ1n) is 2.90. The van der Waals surface area contributed by atoms with Crippen LogP contribution in [0.2, 0.25) is 0 Å². The zero-order chi connectivity index (χ0) is 5.98. The fourth-order valence-electron chi connectivity index (χ4n) is 1.05. The summed E-state index contributed by atoms with van der Waals surface area (Å²) in [6.45, 7) is 1.11. The number of hydrogen-bond acceptors (Lipinski definition) is 3. The van der Waals surface area contributed by atoms with Crippen molar-refractivity contribution in [3.05, 3.63) is 0 Å². The average Bonchev–Trinajstić information content (AvgIpc) is 2.14. The normalized spacial score (nSPS) is 31.5. The molecule has 0 bridgehead atoms. The highest BCUT2D eigenvalue weighted by molar-refractivity contribution is 4.66. The van der Waals surface area contributed by atoms with Gasteiger partial charge >= 0.3 is 0 Å². The van der Waals surface area contributed by atoms with E-state index < -0.39 is 0 Å². The van der Waals surface area contributed by atoms with Gasteiger partial charge in [0, 0.05) is 6.54 Å². The number of hydrogen-bond donors (Lipinski definition) is 1. The molecular weight excluding hydrogens is 104 g/mol. The van der Waals surface area contributed by atoms with E-state index in [1.807, 2.05) is 7.05 Å². The monoisotopic (exact) mass is 116 g/mol. The maximum Gasteiger partial charge on any atom is 0.131 e. The topological polar surface area (TPSA) is 38.5 Å². The van der Waals surface area contributed by atoms with Gasteiger partial charge in [-0.05, 0) is 19.9 Å². The molecule has 1 aliphatic heterocycles. The van der Waals surface area contributed by atoms with Crippen molar-refractivity contribution in [2.45, 2.75) is 19.1 Å². The van der Waals surface area contributed by atoms with Crippen molar-refractivity contribution in [3.8, 4) is 0 Å². The van der Waals surface area contributed by atoms with Gasteiger partial charge < -0.3 is 0 Å². The van der Waals surface area contributed by atoms with Crippen LogP contribution in [0.1, 0.15) is 12.8 Å². The van der Waals surface area contributed by atoms with Crippen molar-refractivity contribution in [3.63, 3.8) is 0 Å². The first kappa shape index (κ1) is 6.01.